The van der Waals surface area contributed by atoms with Crippen LogP contribution in [-0.2, 0) is 4.79 Å². The SMILES string of the molecule is CCCNC(=O)C1CCN(C(=O)c2oc3ccccc3c2C)CC1. The molecular formula is C19H24N2O3. The summed E-state index contributed by atoms with van der Waals surface area (Å²) >= 11 is 0. The Balaban J connectivity index is 1.66. The van der Waals surface area contributed by atoms with Gasteiger partial charge in [-0.05, 0) is 32.3 Å². The van der Waals surface area contributed by atoms with Crippen molar-refractivity contribution in [3.05, 3.63) is 35.6 Å². The van der Waals surface area contributed by atoms with Crippen molar-refractivity contribution in [3.63, 3.8) is 0 Å². The molecule has 0 unspecified atom stereocenters. The summed E-state index contributed by atoms with van der Waals surface area (Å²) in [5.74, 6) is 0.474. The lowest BCUT2D eigenvalue weighted by Gasteiger charge is -2.30. The van der Waals surface area contributed by atoms with Gasteiger partial charge in [0.15, 0.2) is 5.76 Å². The monoisotopic (exact) mass is 328 g/mol. The second-order valence-electron chi connectivity index (χ2n) is 6.41. The maximum Gasteiger partial charge on any atom is 0.289 e. The van der Waals surface area contributed by atoms with Gasteiger partial charge in [-0.15, -0.1) is 0 Å². The Hall–Kier alpha value is -2.30. The first-order chi connectivity index (χ1) is 11.6. The Kier molecular flexibility index (Phi) is 4.88. The number of para-hydroxylation sites is 1. The smallest absolute Gasteiger partial charge is 0.289 e. The Morgan fingerprint density at radius 2 is 1.96 bits per heavy atom. The van der Waals surface area contributed by atoms with Gasteiger partial charge in [0.05, 0.1) is 0 Å². The molecule has 1 saturated heterocycles. The molecule has 1 aromatic heterocycles. The van der Waals surface area contributed by atoms with E-state index in [2.05, 4.69) is 5.32 Å². The molecule has 5 heteroatoms. The molecule has 1 N–H and O–H groups in total. The number of benzene rings is 1. The highest BCUT2D eigenvalue weighted by Crippen LogP contribution is 2.27. The number of rotatable bonds is 4. The maximum atomic E-state index is 12.8. The third-order valence-corrected chi connectivity index (χ3v) is 4.74. The molecular weight excluding hydrogens is 304 g/mol. The van der Waals surface area contributed by atoms with Crippen LogP contribution in [0.4, 0.5) is 0 Å². The molecule has 2 amide bonds. The summed E-state index contributed by atoms with van der Waals surface area (Å²) in [6.07, 6.45) is 2.36. The van der Waals surface area contributed by atoms with Gasteiger partial charge in [-0.2, -0.15) is 0 Å². The Morgan fingerprint density at radius 3 is 2.62 bits per heavy atom. The van der Waals surface area contributed by atoms with Crippen LogP contribution in [0, 0.1) is 12.8 Å². The molecule has 1 aromatic carbocycles. The lowest BCUT2D eigenvalue weighted by atomic mass is 9.95. The summed E-state index contributed by atoms with van der Waals surface area (Å²) in [5.41, 5.74) is 1.63. The average molecular weight is 328 g/mol. The zero-order valence-corrected chi connectivity index (χ0v) is 14.3. The van der Waals surface area contributed by atoms with Crippen molar-refractivity contribution in [2.24, 2.45) is 5.92 Å². The highest BCUT2D eigenvalue weighted by atomic mass is 16.3. The van der Waals surface area contributed by atoms with E-state index < -0.39 is 0 Å². The van der Waals surface area contributed by atoms with Gasteiger partial charge in [-0.25, -0.2) is 0 Å². The van der Waals surface area contributed by atoms with Crippen molar-refractivity contribution >= 4 is 22.8 Å². The first-order valence-electron chi connectivity index (χ1n) is 8.67. The highest BCUT2D eigenvalue weighted by molar-refractivity contribution is 5.99. The number of hydrogen-bond donors (Lipinski definition) is 1. The van der Waals surface area contributed by atoms with Crippen LogP contribution in [0.25, 0.3) is 11.0 Å². The van der Waals surface area contributed by atoms with Gasteiger partial charge in [0.1, 0.15) is 5.58 Å². The summed E-state index contributed by atoms with van der Waals surface area (Å²) in [6.45, 7) is 5.87. The molecule has 2 aromatic rings. The molecule has 1 aliphatic heterocycles. The molecule has 1 aliphatic rings. The van der Waals surface area contributed by atoms with Crippen LogP contribution in [0.3, 0.4) is 0 Å². The van der Waals surface area contributed by atoms with Crippen LogP contribution < -0.4 is 5.32 Å². The van der Waals surface area contributed by atoms with Crippen LogP contribution in [0.5, 0.6) is 0 Å². The molecule has 5 nitrogen and oxygen atoms in total. The number of amides is 2. The van der Waals surface area contributed by atoms with E-state index in [1.54, 1.807) is 4.90 Å². The Labute approximate surface area is 142 Å². The van der Waals surface area contributed by atoms with Crippen molar-refractivity contribution in [2.75, 3.05) is 19.6 Å². The topological polar surface area (TPSA) is 62.6 Å². The number of carbonyl (C=O) groups excluding carboxylic acids is 2. The van der Waals surface area contributed by atoms with E-state index >= 15 is 0 Å². The van der Waals surface area contributed by atoms with Crippen molar-refractivity contribution in [2.45, 2.75) is 33.1 Å². The van der Waals surface area contributed by atoms with E-state index in [-0.39, 0.29) is 17.7 Å². The largest absolute Gasteiger partial charge is 0.451 e. The molecule has 1 fully saturated rings. The molecule has 0 radical (unpaired) electrons. The van der Waals surface area contributed by atoms with Crippen LogP contribution in [0.15, 0.2) is 28.7 Å². The van der Waals surface area contributed by atoms with Gasteiger partial charge in [0.2, 0.25) is 5.91 Å². The van der Waals surface area contributed by atoms with Gasteiger partial charge in [-0.1, -0.05) is 25.1 Å². The van der Waals surface area contributed by atoms with Crippen molar-refractivity contribution < 1.29 is 14.0 Å². The number of likely N-dealkylation sites (tertiary alicyclic amines) is 1. The molecule has 0 spiro atoms. The van der Waals surface area contributed by atoms with Gasteiger partial charge in [0, 0.05) is 36.5 Å². The first kappa shape index (κ1) is 16.6. The van der Waals surface area contributed by atoms with Gasteiger partial charge in [-0.3, -0.25) is 9.59 Å². The summed E-state index contributed by atoms with van der Waals surface area (Å²) in [5, 5.41) is 3.92. The molecule has 0 aliphatic carbocycles. The molecule has 3 rings (SSSR count). The Morgan fingerprint density at radius 1 is 1.25 bits per heavy atom. The van der Waals surface area contributed by atoms with E-state index in [0.29, 0.717) is 31.7 Å². The molecule has 2 heterocycles. The van der Waals surface area contributed by atoms with Crippen LogP contribution in [0.2, 0.25) is 0 Å². The minimum atomic E-state index is -0.0730. The van der Waals surface area contributed by atoms with E-state index in [0.717, 1.165) is 29.5 Å². The van der Waals surface area contributed by atoms with Gasteiger partial charge >= 0.3 is 0 Å². The summed E-state index contributed by atoms with van der Waals surface area (Å²) in [4.78, 5) is 26.6. The fourth-order valence-electron chi connectivity index (χ4n) is 3.26. The van der Waals surface area contributed by atoms with Gasteiger partial charge < -0.3 is 14.6 Å². The summed E-state index contributed by atoms with van der Waals surface area (Å²) in [7, 11) is 0. The van der Waals surface area contributed by atoms with Crippen molar-refractivity contribution in [1.29, 1.82) is 0 Å². The lowest BCUT2D eigenvalue weighted by Crippen LogP contribution is -2.43. The van der Waals surface area contributed by atoms with E-state index in [1.807, 2.05) is 38.1 Å². The van der Waals surface area contributed by atoms with Crippen LogP contribution in [-0.4, -0.2) is 36.3 Å². The zero-order chi connectivity index (χ0) is 17.1. The standard InChI is InChI=1S/C19H24N2O3/c1-3-10-20-18(22)14-8-11-21(12-9-14)19(23)17-13(2)15-6-4-5-7-16(15)24-17/h4-7,14H,3,8-12H2,1-2H3,(H,20,22). The second kappa shape index (κ2) is 7.07. The third-order valence-electron chi connectivity index (χ3n) is 4.74. The number of piperidine rings is 1. The maximum absolute atomic E-state index is 12.8. The number of carbonyl (C=O) groups is 2. The summed E-state index contributed by atoms with van der Waals surface area (Å²) < 4.78 is 5.77. The fourth-order valence-corrected chi connectivity index (χ4v) is 3.26. The van der Waals surface area contributed by atoms with Crippen molar-refractivity contribution in [3.8, 4) is 0 Å². The molecule has 0 bridgehead atoms. The lowest BCUT2D eigenvalue weighted by molar-refractivity contribution is -0.126. The summed E-state index contributed by atoms with van der Waals surface area (Å²) in [6, 6.07) is 7.69. The second-order valence-corrected chi connectivity index (χ2v) is 6.41. The number of hydrogen-bond acceptors (Lipinski definition) is 3. The third kappa shape index (κ3) is 3.16. The number of aryl methyl sites for hydroxylation is 1. The fraction of sp³-hybridized carbons (Fsp3) is 0.474. The molecule has 128 valence electrons. The quantitative estimate of drug-likeness (QED) is 0.938. The Bertz CT molecular complexity index is 742. The predicted molar refractivity (Wildman–Crippen MR) is 92.9 cm³/mol. The molecule has 0 atom stereocenters. The number of nitrogens with zero attached hydrogens (tertiary/aromatic N) is 1. The molecule has 0 saturated carbocycles. The molecule has 24 heavy (non-hydrogen) atoms. The van der Waals surface area contributed by atoms with Gasteiger partial charge in [0.25, 0.3) is 5.91 Å². The van der Waals surface area contributed by atoms with E-state index in [4.69, 9.17) is 4.42 Å². The van der Waals surface area contributed by atoms with Crippen molar-refractivity contribution in [1.82, 2.24) is 10.2 Å². The van der Waals surface area contributed by atoms with E-state index in [1.165, 1.54) is 0 Å². The predicted octanol–water partition coefficient (Wildman–Crippen LogP) is 3.12. The first-order valence-corrected chi connectivity index (χ1v) is 8.67. The normalized spacial score (nSPS) is 15.7. The zero-order valence-electron chi connectivity index (χ0n) is 14.3. The van der Waals surface area contributed by atoms with Crippen LogP contribution in [0.1, 0.15) is 42.3 Å². The minimum absolute atomic E-state index is 0.0115. The number of fused-ring (bicyclic) bond motifs is 1. The number of nitrogens with one attached hydrogen (secondary N) is 1. The van der Waals surface area contributed by atoms with Crippen LogP contribution >= 0.6 is 0 Å². The van der Waals surface area contributed by atoms with E-state index in [9.17, 15) is 9.59 Å². The minimum Gasteiger partial charge on any atom is -0.451 e. The number of furan rings is 1. The average Bonchev–Trinajstić information content (AvgIpc) is 2.96. The highest BCUT2D eigenvalue weighted by Gasteiger charge is 2.30.